The van der Waals surface area contributed by atoms with E-state index in [1.807, 2.05) is 24.3 Å². The van der Waals surface area contributed by atoms with Crippen LogP contribution in [0.4, 0.5) is 19.3 Å². The number of hydrogen-bond acceptors (Lipinski definition) is 4. The van der Waals surface area contributed by atoms with Crippen LogP contribution in [-0.4, -0.2) is 40.7 Å². The molecule has 1 aromatic heterocycles. The average molecular weight is 430 g/mol. The summed E-state index contributed by atoms with van der Waals surface area (Å²) >= 11 is 0. The third-order valence-electron chi connectivity index (χ3n) is 5.44. The minimum atomic E-state index is -3.00. The Labute approximate surface area is 178 Å². The quantitative estimate of drug-likeness (QED) is 0.595. The molecule has 0 aliphatic carbocycles. The van der Waals surface area contributed by atoms with Crippen molar-refractivity contribution in [2.75, 3.05) is 19.0 Å². The molecule has 31 heavy (non-hydrogen) atoms. The monoisotopic (exact) mass is 430 g/mol. The number of ether oxygens (including phenoxy) is 2. The summed E-state index contributed by atoms with van der Waals surface area (Å²) in [5, 5.41) is 2.79. The SMILES string of the molecule is CCn1c(C2CCCN2C(=O)Nc2ccc(OC)c(OC(F)F)c2)nc2ccccc21. The summed E-state index contributed by atoms with van der Waals surface area (Å²) in [6, 6.07) is 11.8. The second-order valence-corrected chi connectivity index (χ2v) is 7.23. The first-order chi connectivity index (χ1) is 15.0. The van der Waals surface area contributed by atoms with E-state index in [0.29, 0.717) is 12.2 Å². The van der Waals surface area contributed by atoms with Gasteiger partial charge in [-0.15, -0.1) is 0 Å². The summed E-state index contributed by atoms with van der Waals surface area (Å²) in [5.41, 5.74) is 2.28. The van der Waals surface area contributed by atoms with E-state index < -0.39 is 6.61 Å². The summed E-state index contributed by atoms with van der Waals surface area (Å²) in [7, 11) is 1.36. The first-order valence-corrected chi connectivity index (χ1v) is 10.2. The van der Waals surface area contributed by atoms with Crippen molar-refractivity contribution in [1.82, 2.24) is 14.5 Å². The Morgan fingerprint density at radius 1 is 1.26 bits per heavy atom. The number of likely N-dealkylation sites (tertiary alicyclic amines) is 1. The molecule has 2 aromatic carbocycles. The van der Waals surface area contributed by atoms with Crippen LogP contribution in [0.1, 0.15) is 31.6 Å². The smallest absolute Gasteiger partial charge is 0.387 e. The molecule has 3 aromatic rings. The molecule has 1 saturated heterocycles. The lowest BCUT2D eigenvalue weighted by atomic mass is 10.2. The Bertz CT molecular complexity index is 1090. The summed E-state index contributed by atoms with van der Waals surface area (Å²) in [6.45, 7) is 0.387. The largest absolute Gasteiger partial charge is 0.493 e. The summed E-state index contributed by atoms with van der Waals surface area (Å²) < 4.78 is 37.1. The van der Waals surface area contributed by atoms with Gasteiger partial charge in [-0.1, -0.05) is 12.1 Å². The standard InChI is InChI=1S/C22H24F2N4O3/c1-3-27-16-8-5-4-7-15(16)26-20(27)17-9-6-12-28(17)22(29)25-14-10-11-18(30-2)19(13-14)31-21(23)24/h4-5,7-8,10-11,13,17,21H,3,6,9,12H2,1-2H3,(H,25,29). The third-order valence-corrected chi connectivity index (χ3v) is 5.44. The fourth-order valence-electron chi connectivity index (χ4n) is 4.10. The van der Waals surface area contributed by atoms with Crippen molar-refractivity contribution >= 4 is 22.8 Å². The molecule has 0 radical (unpaired) electrons. The lowest BCUT2D eigenvalue weighted by molar-refractivity contribution is -0.0511. The Hall–Kier alpha value is -3.36. The molecule has 1 atom stereocenters. The number of benzene rings is 2. The van der Waals surface area contributed by atoms with Crippen molar-refractivity contribution in [3.63, 3.8) is 0 Å². The molecule has 1 fully saturated rings. The first kappa shape index (κ1) is 20.9. The number of nitrogens with zero attached hydrogens (tertiary/aromatic N) is 3. The van der Waals surface area contributed by atoms with E-state index in [-0.39, 0.29) is 23.6 Å². The maximum absolute atomic E-state index is 13.1. The van der Waals surface area contributed by atoms with Crippen molar-refractivity contribution in [2.45, 2.75) is 39.0 Å². The van der Waals surface area contributed by atoms with Crippen molar-refractivity contribution in [2.24, 2.45) is 0 Å². The Morgan fingerprint density at radius 2 is 2.06 bits per heavy atom. The molecule has 0 spiro atoms. The molecule has 1 unspecified atom stereocenters. The number of aryl methyl sites for hydroxylation is 1. The Balaban J connectivity index is 1.58. The van der Waals surface area contributed by atoms with Gasteiger partial charge in [0.1, 0.15) is 5.82 Å². The van der Waals surface area contributed by atoms with Crippen molar-refractivity contribution in [3.8, 4) is 11.5 Å². The maximum Gasteiger partial charge on any atom is 0.387 e. The maximum atomic E-state index is 13.1. The molecule has 0 bridgehead atoms. The molecule has 1 aliphatic heterocycles. The number of carbonyl (C=O) groups is 1. The van der Waals surface area contributed by atoms with E-state index in [9.17, 15) is 13.6 Å². The van der Waals surface area contributed by atoms with E-state index >= 15 is 0 Å². The molecular formula is C22H24F2N4O3. The number of carbonyl (C=O) groups excluding carboxylic acids is 1. The van der Waals surface area contributed by atoms with Crippen LogP contribution < -0.4 is 14.8 Å². The van der Waals surface area contributed by atoms with Gasteiger partial charge in [-0.2, -0.15) is 8.78 Å². The van der Waals surface area contributed by atoms with Crippen LogP contribution in [0.2, 0.25) is 0 Å². The summed E-state index contributed by atoms with van der Waals surface area (Å²) in [4.78, 5) is 19.6. The van der Waals surface area contributed by atoms with Gasteiger partial charge in [-0.25, -0.2) is 9.78 Å². The van der Waals surface area contributed by atoms with E-state index in [4.69, 9.17) is 9.72 Å². The van der Waals surface area contributed by atoms with Gasteiger partial charge in [-0.3, -0.25) is 0 Å². The second-order valence-electron chi connectivity index (χ2n) is 7.23. The lowest BCUT2D eigenvalue weighted by Gasteiger charge is -2.25. The number of nitrogens with one attached hydrogen (secondary N) is 1. The summed E-state index contributed by atoms with van der Waals surface area (Å²) in [6.07, 6.45) is 1.66. The second kappa shape index (κ2) is 8.79. The molecule has 0 saturated carbocycles. The highest BCUT2D eigenvalue weighted by Crippen LogP contribution is 2.35. The predicted octanol–water partition coefficient (Wildman–Crippen LogP) is 5.04. The fourth-order valence-corrected chi connectivity index (χ4v) is 4.10. The number of aromatic nitrogens is 2. The van der Waals surface area contributed by atoms with Gasteiger partial charge in [0.15, 0.2) is 11.5 Å². The van der Waals surface area contributed by atoms with Crippen LogP contribution >= 0.6 is 0 Å². The number of methoxy groups -OCH3 is 1. The van der Waals surface area contributed by atoms with E-state index in [1.165, 1.54) is 19.2 Å². The molecule has 1 N–H and O–H groups in total. The third kappa shape index (κ3) is 4.12. The number of fused-ring (bicyclic) bond motifs is 1. The van der Waals surface area contributed by atoms with Crippen molar-refractivity contribution < 1.29 is 23.0 Å². The molecular weight excluding hydrogens is 406 g/mol. The van der Waals surface area contributed by atoms with Crippen LogP contribution in [0.5, 0.6) is 11.5 Å². The average Bonchev–Trinajstić information content (AvgIpc) is 3.37. The number of amides is 2. The van der Waals surface area contributed by atoms with Crippen LogP contribution in [0, 0.1) is 0 Å². The highest BCUT2D eigenvalue weighted by atomic mass is 19.3. The van der Waals surface area contributed by atoms with E-state index in [0.717, 1.165) is 36.2 Å². The number of rotatable bonds is 6. The number of anilines is 1. The lowest BCUT2D eigenvalue weighted by Crippen LogP contribution is -2.35. The van der Waals surface area contributed by atoms with Gasteiger partial charge in [0.05, 0.1) is 24.2 Å². The number of urea groups is 1. The van der Waals surface area contributed by atoms with Crippen molar-refractivity contribution in [1.29, 1.82) is 0 Å². The van der Waals surface area contributed by atoms with Gasteiger partial charge in [-0.05, 0) is 44.0 Å². The molecule has 164 valence electrons. The number of alkyl halides is 2. The van der Waals surface area contributed by atoms with Gasteiger partial charge in [0.2, 0.25) is 0 Å². The summed E-state index contributed by atoms with van der Waals surface area (Å²) in [5.74, 6) is 0.878. The zero-order valence-electron chi connectivity index (χ0n) is 17.3. The van der Waals surface area contributed by atoms with Crippen LogP contribution in [0.15, 0.2) is 42.5 Å². The molecule has 9 heteroatoms. The topological polar surface area (TPSA) is 68.6 Å². The van der Waals surface area contributed by atoms with Gasteiger partial charge in [0, 0.05) is 24.8 Å². The highest BCUT2D eigenvalue weighted by molar-refractivity contribution is 5.90. The normalized spacial score (nSPS) is 16.2. The molecule has 7 nitrogen and oxygen atoms in total. The number of imidazole rings is 1. The number of para-hydroxylation sites is 2. The minimum Gasteiger partial charge on any atom is -0.493 e. The molecule has 2 heterocycles. The molecule has 4 rings (SSSR count). The highest BCUT2D eigenvalue weighted by Gasteiger charge is 2.33. The number of hydrogen-bond donors (Lipinski definition) is 1. The molecule has 1 aliphatic rings. The molecule has 2 amide bonds. The Morgan fingerprint density at radius 3 is 2.81 bits per heavy atom. The van der Waals surface area contributed by atoms with Crippen LogP contribution in [-0.2, 0) is 6.54 Å². The zero-order chi connectivity index (χ0) is 22.0. The van der Waals surface area contributed by atoms with Crippen LogP contribution in [0.25, 0.3) is 11.0 Å². The number of halogens is 2. The van der Waals surface area contributed by atoms with Gasteiger partial charge >= 0.3 is 12.6 Å². The van der Waals surface area contributed by atoms with E-state index in [1.54, 1.807) is 11.0 Å². The minimum absolute atomic E-state index is 0.138. The van der Waals surface area contributed by atoms with Crippen LogP contribution in [0.3, 0.4) is 0 Å². The zero-order valence-corrected chi connectivity index (χ0v) is 17.3. The van der Waals surface area contributed by atoms with Gasteiger partial charge in [0.25, 0.3) is 0 Å². The van der Waals surface area contributed by atoms with Crippen molar-refractivity contribution in [3.05, 3.63) is 48.3 Å². The fraction of sp³-hybridized carbons (Fsp3) is 0.364. The van der Waals surface area contributed by atoms with Gasteiger partial charge < -0.3 is 24.3 Å². The van der Waals surface area contributed by atoms with E-state index in [2.05, 4.69) is 21.5 Å². The predicted molar refractivity (Wildman–Crippen MR) is 113 cm³/mol. The Kier molecular flexibility index (Phi) is 5.92. The first-order valence-electron chi connectivity index (χ1n) is 10.2.